The number of nitrogens with two attached hydrogens (primary N) is 1. The summed E-state index contributed by atoms with van der Waals surface area (Å²) in [6, 6.07) is 0. The summed E-state index contributed by atoms with van der Waals surface area (Å²) < 4.78 is 33.3. The molecule has 3 rings (SSSR count). The molecule has 0 aromatic carbocycles. The van der Waals surface area contributed by atoms with Crippen LogP contribution in [0, 0.1) is 0 Å². The molecule has 0 saturated carbocycles. The fourth-order valence-corrected chi connectivity index (χ4v) is 6.40. The molecule has 213 valence electrons. The molecule has 1 aliphatic rings. The predicted molar refractivity (Wildman–Crippen MR) is 146 cm³/mol. The first-order chi connectivity index (χ1) is 17.6. The summed E-state index contributed by atoms with van der Waals surface area (Å²) in [5, 5.41) is -1.13. The number of aromatic nitrogens is 4. The minimum Gasteiger partial charge on any atom is -0.479 e. The van der Waals surface area contributed by atoms with Crippen LogP contribution in [0.25, 0.3) is 11.2 Å². The van der Waals surface area contributed by atoms with Crippen molar-refractivity contribution in [2.45, 2.75) is 116 Å². The van der Waals surface area contributed by atoms with E-state index in [1.165, 1.54) is 7.11 Å². The van der Waals surface area contributed by atoms with Crippen LogP contribution < -0.4 is 10.5 Å². The highest BCUT2D eigenvalue weighted by molar-refractivity contribution is 6.58. The fourth-order valence-electron chi connectivity index (χ4n) is 4.57. The molecule has 2 aromatic rings. The largest absolute Gasteiger partial charge is 0.479 e. The van der Waals surface area contributed by atoms with Gasteiger partial charge in [-0.3, -0.25) is 9.36 Å². The van der Waals surface area contributed by atoms with Crippen molar-refractivity contribution >= 4 is 31.9 Å². The fraction of sp³-hybridized carbons (Fsp3) is 0.769. The van der Waals surface area contributed by atoms with Gasteiger partial charge in [-0.2, -0.15) is 9.97 Å². The van der Waals surface area contributed by atoms with Gasteiger partial charge in [0.15, 0.2) is 22.6 Å². The van der Waals surface area contributed by atoms with E-state index in [0.29, 0.717) is 17.6 Å². The summed E-state index contributed by atoms with van der Waals surface area (Å²) in [6.07, 6.45) is 1.61. The van der Waals surface area contributed by atoms with Crippen LogP contribution in [0.15, 0.2) is 6.33 Å². The highest BCUT2D eigenvalue weighted by Crippen LogP contribution is 2.45. The number of anilines is 1. The van der Waals surface area contributed by atoms with Gasteiger partial charge in [-0.05, 0) is 48.0 Å². The number of unbranched alkanes of at least 4 members (excludes halogenated alkanes) is 1. The second kappa shape index (κ2) is 11.4. The van der Waals surface area contributed by atoms with E-state index in [2.05, 4.69) is 28.0 Å². The first-order valence-corrected chi connectivity index (χ1v) is 15.7. The number of fused-ring (bicyclic) bond motifs is 1. The van der Waals surface area contributed by atoms with E-state index in [9.17, 15) is 4.79 Å². The number of hydrogen-bond donors (Lipinski definition) is 1. The molecule has 0 bridgehead atoms. The lowest BCUT2D eigenvalue weighted by Gasteiger charge is -2.39. The zero-order valence-electron chi connectivity index (χ0n) is 24.5. The molecule has 3 heterocycles. The summed E-state index contributed by atoms with van der Waals surface area (Å²) in [5.41, 5.74) is 5.97. The van der Waals surface area contributed by atoms with Crippen molar-refractivity contribution < 1.29 is 28.5 Å². The number of nitrogens with zero attached hydrogens (tertiary/aromatic N) is 4. The molecule has 1 fully saturated rings. The summed E-state index contributed by atoms with van der Waals surface area (Å²) in [7, 11) is 0.0458. The normalized spacial score (nSPS) is 24.3. The molecule has 0 aliphatic carbocycles. The molecule has 1 radical (unpaired) electrons. The SMILES string of the molecule is CCCCC(=O)O[C@H]1[C@H](OC(C)(C)C)[C@@H](COC(C)(C)C)O[C@@]1(n1cnc2c(OC)nc(N)nc21)[Si](C)C. The van der Waals surface area contributed by atoms with Gasteiger partial charge in [-0.15, -0.1) is 0 Å². The molecule has 2 N–H and O–H groups in total. The number of carbonyl (C=O) groups is 1. The standard InChI is InChI=1S/C26H44N5O6Si/c1-11-12-13-17(32)35-20-19(37-25(5,6)7)16(14-34-24(2,3)4)36-26(20,38(9)10)31-15-28-18-21(31)29-23(27)30-22(18)33-8/h15-16,19-20H,11-14H2,1-10H3,(H2,27,29,30)/t16-,19-,20+,26-/m1/s1. The van der Waals surface area contributed by atoms with Crippen molar-refractivity contribution in [1.82, 2.24) is 19.5 Å². The Kier molecular flexibility index (Phi) is 9.12. The van der Waals surface area contributed by atoms with Gasteiger partial charge >= 0.3 is 5.97 Å². The van der Waals surface area contributed by atoms with E-state index >= 15 is 0 Å². The minimum absolute atomic E-state index is 0.0387. The highest BCUT2D eigenvalue weighted by Gasteiger charge is 2.62. The number of ether oxygens (including phenoxy) is 5. The van der Waals surface area contributed by atoms with Crippen molar-refractivity contribution in [3.63, 3.8) is 0 Å². The van der Waals surface area contributed by atoms with E-state index in [-0.39, 0.29) is 24.4 Å². The lowest BCUT2D eigenvalue weighted by molar-refractivity contribution is -0.171. The van der Waals surface area contributed by atoms with Crippen molar-refractivity contribution in [1.29, 1.82) is 0 Å². The molecular weight excluding hydrogens is 506 g/mol. The zero-order chi connectivity index (χ0) is 28.5. The van der Waals surface area contributed by atoms with Gasteiger partial charge in [-0.1, -0.05) is 26.4 Å². The van der Waals surface area contributed by atoms with E-state index < -0.39 is 43.7 Å². The van der Waals surface area contributed by atoms with Gasteiger partial charge in [0.25, 0.3) is 0 Å². The van der Waals surface area contributed by atoms with Crippen molar-refractivity contribution in [2.24, 2.45) is 0 Å². The number of carbonyl (C=O) groups excluding carboxylic acids is 1. The Labute approximate surface area is 227 Å². The van der Waals surface area contributed by atoms with Gasteiger partial charge < -0.3 is 29.4 Å². The smallest absolute Gasteiger partial charge is 0.306 e. The predicted octanol–water partition coefficient (Wildman–Crippen LogP) is 3.86. The van der Waals surface area contributed by atoms with Crippen LogP contribution in [0.1, 0.15) is 67.7 Å². The number of methoxy groups -OCH3 is 1. The zero-order valence-corrected chi connectivity index (χ0v) is 25.5. The lowest BCUT2D eigenvalue weighted by Crippen LogP contribution is -2.56. The second-order valence-electron chi connectivity index (χ2n) is 11.9. The maximum absolute atomic E-state index is 13.1. The molecular formula is C26H44N5O6Si. The van der Waals surface area contributed by atoms with E-state index in [1.807, 2.05) is 53.0 Å². The van der Waals surface area contributed by atoms with E-state index in [1.54, 1.807) is 6.33 Å². The number of nitrogen functional groups attached to an aromatic ring is 1. The molecule has 2 aromatic heterocycles. The first kappa shape index (κ1) is 30.3. The summed E-state index contributed by atoms with van der Waals surface area (Å²) in [6.45, 7) is 18.4. The van der Waals surface area contributed by atoms with Crippen LogP contribution in [-0.2, 0) is 29.1 Å². The average Bonchev–Trinajstić information content (AvgIpc) is 3.34. The first-order valence-electron chi connectivity index (χ1n) is 13.2. The van der Waals surface area contributed by atoms with Crippen molar-refractivity contribution in [2.75, 3.05) is 19.5 Å². The Bertz CT molecular complexity index is 1110. The lowest BCUT2D eigenvalue weighted by atomic mass is 10.1. The third-order valence-electron chi connectivity index (χ3n) is 6.19. The monoisotopic (exact) mass is 550 g/mol. The number of hydrogen-bond acceptors (Lipinski definition) is 10. The number of rotatable bonds is 10. The Morgan fingerprint density at radius 1 is 1.18 bits per heavy atom. The second-order valence-corrected chi connectivity index (χ2v) is 14.6. The molecule has 12 heteroatoms. The van der Waals surface area contributed by atoms with Gasteiger partial charge in [0.2, 0.25) is 11.8 Å². The molecule has 1 aliphatic heterocycles. The van der Waals surface area contributed by atoms with E-state index in [4.69, 9.17) is 29.4 Å². The molecule has 0 amide bonds. The summed E-state index contributed by atoms with van der Waals surface area (Å²) in [5.74, 6) is -0.00656. The molecule has 4 atom stereocenters. The third-order valence-corrected chi connectivity index (χ3v) is 8.27. The average molecular weight is 551 g/mol. The molecule has 11 nitrogen and oxygen atoms in total. The molecule has 1 saturated heterocycles. The Morgan fingerprint density at radius 3 is 2.42 bits per heavy atom. The maximum Gasteiger partial charge on any atom is 0.306 e. The Hall–Kier alpha value is -2.28. The van der Waals surface area contributed by atoms with Gasteiger partial charge in [-0.25, -0.2) is 4.98 Å². The van der Waals surface area contributed by atoms with Crippen LogP contribution in [0.3, 0.4) is 0 Å². The Morgan fingerprint density at radius 2 is 1.87 bits per heavy atom. The minimum atomic E-state index is -1.46. The van der Waals surface area contributed by atoms with Gasteiger partial charge in [0.1, 0.15) is 21.0 Å². The van der Waals surface area contributed by atoms with Crippen molar-refractivity contribution in [3.05, 3.63) is 6.33 Å². The van der Waals surface area contributed by atoms with Crippen molar-refractivity contribution in [3.8, 4) is 5.88 Å². The topological polar surface area (TPSA) is 133 Å². The molecule has 0 spiro atoms. The Balaban J connectivity index is 2.24. The van der Waals surface area contributed by atoms with Crippen LogP contribution in [0.5, 0.6) is 5.88 Å². The number of esters is 1. The van der Waals surface area contributed by atoms with Crippen LogP contribution in [0.4, 0.5) is 5.95 Å². The van der Waals surface area contributed by atoms with Gasteiger partial charge in [0.05, 0.1) is 31.2 Å². The summed E-state index contributed by atoms with van der Waals surface area (Å²) in [4.78, 5) is 26.4. The quantitative estimate of drug-likeness (QED) is 0.343. The van der Waals surface area contributed by atoms with Gasteiger partial charge in [0, 0.05) is 6.42 Å². The number of imidazole rings is 1. The van der Waals surface area contributed by atoms with Crippen LogP contribution >= 0.6 is 0 Å². The van der Waals surface area contributed by atoms with Crippen LogP contribution in [0.2, 0.25) is 13.1 Å². The summed E-state index contributed by atoms with van der Waals surface area (Å²) >= 11 is 0. The molecule has 38 heavy (non-hydrogen) atoms. The van der Waals surface area contributed by atoms with Crippen LogP contribution in [-0.4, -0.2) is 77.5 Å². The molecule has 0 unspecified atom stereocenters. The third kappa shape index (κ3) is 6.46. The van der Waals surface area contributed by atoms with E-state index in [0.717, 1.165) is 12.8 Å². The maximum atomic E-state index is 13.1. The highest BCUT2D eigenvalue weighted by atomic mass is 28.3.